The van der Waals surface area contributed by atoms with Gasteiger partial charge in [-0.25, -0.2) is 0 Å². The second-order valence-corrected chi connectivity index (χ2v) is 2.36. The Bertz CT molecular complexity index is 129. The highest BCUT2D eigenvalue weighted by Gasteiger charge is 2.20. The zero-order valence-electron chi connectivity index (χ0n) is 5.73. The molecule has 0 fully saturated rings. The molecule has 0 radical (unpaired) electrons. The first-order chi connectivity index (χ1) is 4.95. The second-order valence-electron chi connectivity index (χ2n) is 1.91. The number of hydrogen-bond acceptors (Lipinski definition) is 6. The van der Waals surface area contributed by atoms with Gasteiger partial charge in [-0.15, -0.1) is 0 Å². The Labute approximate surface area is 69.0 Å². The van der Waals surface area contributed by atoms with Gasteiger partial charge in [0, 0.05) is 5.75 Å². The summed E-state index contributed by atoms with van der Waals surface area (Å²) >= 11 is 3.74. The van der Waals surface area contributed by atoms with Crippen LogP contribution in [-0.2, 0) is 9.53 Å². The van der Waals surface area contributed by atoms with Crippen molar-refractivity contribution >= 4 is 18.6 Å². The van der Waals surface area contributed by atoms with E-state index in [0.717, 1.165) is 0 Å². The summed E-state index contributed by atoms with van der Waals surface area (Å²) in [7, 11) is 0. The molecular weight excluding hydrogens is 172 g/mol. The highest BCUT2D eigenvalue weighted by Crippen LogP contribution is 1.96. The molecule has 0 aromatic carbocycles. The van der Waals surface area contributed by atoms with Crippen LogP contribution in [0.15, 0.2) is 0 Å². The normalized spacial score (nSPS) is 11.3. The van der Waals surface area contributed by atoms with Crippen LogP contribution in [0.2, 0.25) is 0 Å². The first-order valence-corrected chi connectivity index (χ1v) is 3.52. The van der Waals surface area contributed by atoms with Crippen LogP contribution in [0.5, 0.6) is 0 Å². The number of esters is 1. The van der Waals surface area contributed by atoms with Gasteiger partial charge in [0.25, 0.3) is 0 Å². The van der Waals surface area contributed by atoms with Crippen LogP contribution in [0, 0.1) is 0 Å². The number of aliphatic hydroxyl groups is 3. The minimum absolute atomic E-state index is 0.0686. The molecule has 0 saturated carbocycles. The van der Waals surface area contributed by atoms with E-state index >= 15 is 0 Å². The second kappa shape index (κ2) is 4.55. The monoisotopic (exact) mass is 182 g/mol. The summed E-state index contributed by atoms with van der Waals surface area (Å²) in [5, 5.41) is 24.7. The zero-order chi connectivity index (χ0) is 8.91. The van der Waals surface area contributed by atoms with Gasteiger partial charge in [-0.05, 0) is 0 Å². The molecule has 6 heteroatoms. The van der Waals surface area contributed by atoms with Crippen molar-refractivity contribution in [1.82, 2.24) is 0 Å². The highest BCUT2D eigenvalue weighted by molar-refractivity contribution is 7.80. The van der Waals surface area contributed by atoms with E-state index in [0.29, 0.717) is 5.75 Å². The fourth-order valence-corrected chi connectivity index (χ4v) is 0.523. The maximum absolute atomic E-state index is 10.5. The summed E-state index contributed by atoms with van der Waals surface area (Å²) in [5.74, 6) is -3.26. The van der Waals surface area contributed by atoms with Gasteiger partial charge in [0.05, 0.1) is 6.42 Å². The van der Waals surface area contributed by atoms with Gasteiger partial charge in [-0.1, -0.05) is 0 Å². The van der Waals surface area contributed by atoms with Crippen molar-refractivity contribution < 1.29 is 24.9 Å². The summed E-state index contributed by atoms with van der Waals surface area (Å²) < 4.78 is 4.21. The first kappa shape index (κ1) is 10.7. The van der Waals surface area contributed by atoms with Gasteiger partial charge in [0.1, 0.15) is 0 Å². The van der Waals surface area contributed by atoms with E-state index in [1.54, 1.807) is 0 Å². The number of carbonyl (C=O) groups is 1. The highest BCUT2D eigenvalue weighted by atomic mass is 32.1. The Morgan fingerprint density at radius 1 is 1.45 bits per heavy atom. The molecule has 66 valence electrons. The summed E-state index contributed by atoms with van der Waals surface area (Å²) in [6.45, 7) is -0.848. The van der Waals surface area contributed by atoms with Crippen molar-refractivity contribution in [2.24, 2.45) is 0 Å². The van der Waals surface area contributed by atoms with Gasteiger partial charge in [-0.2, -0.15) is 12.6 Å². The van der Waals surface area contributed by atoms with Crippen LogP contribution < -0.4 is 0 Å². The molecule has 0 aromatic rings. The number of ether oxygens (including phenoxy) is 1. The van der Waals surface area contributed by atoms with E-state index in [2.05, 4.69) is 17.4 Å². The third-order valence-corrected chi connectivity index (χ3v) is 0.966. The van der Waals surface area contributed by atoms with Crippen LogP contribution >= 0.6 is 12.6 Å². The molecule has 0 aliphatic carbocycles. The molecule has 0 spiro atoms. The van der Waals surface area contributed by atoms with E-state index < -0.39 is 18.5 Å². The maximum atomic E-state index is 10.5. The average Bonchev–Trinajstić information content (AvgIpc) is 1.83. The largest absolute Gasteiger partial charge is 0.457 e. The predicted octanol–water partition coefficient (Wildman–Crippen LogP) is -1.52. The predicted molar refractivity (Wildman–Crippen MR) is 38.8 cm³/mol. The fourth-order valence-electron chi connectivity index (χ4n) is 0.341. The Morgan fingerprint density at radius 3 is 2.36 bits per heavy atom. The quantitative estimate of drug-likeness (QED) is 0.241. The first-order valence-electron chi connectivity index (χ1n) is 2.89. The van der Waals surface area contributed by atoms with Crippen molar-refractivity contribution in [2.75, 3.05) is 12.4 Å². The lowest BCUT2D eigenvalue weighted by Crippen LogP contribution is -2.34. The maximum Gasteiger partial charge on any atom is 0.311 e. The molecule has 0 bridgehead atoms. The molecule has 0 aliphatic heterocycles. The third kappa shape index (κ3) is 7.60. The average molecular weight is 182 g/mol. The van der Waals surface area contributed by atoms with Crippen molar-refractivity contribution in [2.45, 2.75) is 12.4 Å². The molecule has 0 amide bonds. The Kier molecular flexibility index (Phi) is 4.43. The van der Waals surface area contributed by atoms with E-state index in [1.807, 2.05) is 0 Å². The van der Waals surface area contributed by atoms with Crippen LogP contribution in [0.3, 0.4) is 0 Å². The molecule has 0 heterocycles. The summed E-state index contributed by atoms with van der Waals surface area (Å²) in [6, 6.07) is 0. The van der Waals surface area contributed by atoms with Gasteiger partial charge < -0.3 is 20.1 Å². The number of hydrogen-bond donors (Lipinski definition) is 4. The van der Waals surface area contributed by atoms with E-state index in [-0.39, 0.29) is 6.42 Å². The summed E-state index contributed by atoms with van der Waals surface area (Å²) in [6.07, 6.45) is 0.0686. The lowest BCUT2D eigenvalue weighted by molar-refractivity contribution is -0.327. The van der Waals surface area contributed by atoms with Crippen molar-refractivity contribution in [3.05, 3.63) is 0 Å². The van der Waals surface area contributed by atoms with Gasteiger partial charge in [-0.3, -0.25) is 4.79 Å². The Morgan fingerprint density at radius 2 is 2.00 bits per heavy atom. The standard InChI is InChI=1S/C5H10O5S/c6-4(1-2-11)10-3-5(7,8)9/h7-9,11H,1-3H2. The molecule has 11 heavy (non-hydrogen) atoms. The van der Waals surface area contributed by atoms with Crippen LogP contribution in [0.1, 0.15) is 6.42 Å². The Balaban J connectivity index is 3.46. The molecule has 0 aromatic heterocycles. The summed E-state index contributed by atoms with van der Waals surface area (Å²) in [5.41, 5.74) is 0. The van der Waals surface area contributed by atoms with Gasteiger partial charge in [0.15, 0.2) is 6.61 Å². The van der Waals surface area contributed by atoms with Crippen LogP contribution in [0.4, 0.5) is 0 Å². The lowest BCUT2D eigenvalue weighted by atomic mass is 10.5. The number of carbonyl (C=O) groups excluding carboxylic acids is 1. The van der Waals surface area contributed by atoms with Gasteiger partial charge >= 0.3 is 11.9 Å². The van der Waals surface area contributed by atoms with Crippen molar-refractivity contribution in [3.8, 4) is 0 Å². The smallest absolute Gasteiger partial charge is 0.311 e. The topological polar surface area (TPSA) is 87.0 Å². The molecule has 0 unspecified atom stereocenters. The molecule has 5 nitrogen and oxygen atoms in total. The minimum atomic E-state index is -2.94. The van der Waals surface area contributed by atoms with E-state index in [4.69, 9.17) is 15.3 Å². The van der Waals surface area contributed by atoms with Gasteiger partial charge in [0.2, 0.25) is 0 Å². The van der Waals surface area contributed by atoms with Crippen molar-refractivity contribution in [3.63, 3.8) is 0 Å². The van der Waals surface area contributed by atoms with E-state index in [1.165, 1.54) is 0 Å². The fraction of sp³-hybridized carbons (Fsp3) is 0.800. The third-order valence-electron chi connectivity index (χ3n) is 0.743. The lowest BCUT2D eigenvalue weighted by Gasteiger charge is -2.13. The zero-order valence-corrected chi connectivity index (χ0v) is 6.62. The van der Waals surface area contributed by atoms with Crippen LogP contribution in [-0.4, -0.2) is 39.6 Å². The SMILES string of the molecule is O=C(CCS)OCC(O)(O)O. The Hall–Kier alpha value is -0.300. The van der Waals surface area contributed by atoms with Crippen molar-refractivity contribution in [1.29, 1.82) is 0 Å². The molecule has 3 N–H and O–H groups in total. The number of rotatable bonds is 4. The molecule has 0 aliphatic rings. The van der Waals surface area contributed by atoms with E-state index in [9.17, 15) is 4.79 Å². The molecule has 0 atom stereocenters. The molecule has 0 rings (SSSR count). The molecular formula is C5H10O5S. The minimum Gasteiger partial charge on any atom is -0.457 e. The van der Waals surface area contributed by atoms with Crippen LogP contribution in [0.25, 0.3) is 0 Å². The number of thiol groups is 1. The molecule has 0 saturated heterocycles. The summed E-state index contributed by atoms with van der Waals surface area (Å²) in [4.78, 5) is 10.5.